The van der Waals surface area contributed by atoms with E-state index in [-0.39, 0.29) is 55.2 Å². The molecule has 1 unspecified atom stereocenters. The SMILES string of the molecule is CC1=C[C@]23C(=O)C(C=C(CO)[C@@H](O)[C@]2(O)[C@H]1OC(=O)c1c(Cl)cc(Cl)cc1Cl)[C@H]1[C@@H](C[C@H]3C)C1(C)C. The highest BCUT2D eigenvalue weighted by molar-refractivity contribution is 6.41. The van der Waals surface area contributed by atoms with Crippen molar-refractivity contribution < 1.29 is 29.6 Å². The Balaban J connectivity index is 1.64. The fourth-order valence-electron chi connectivity index (χ4n) is 7.50. The van der Waals surface area contributed by atoms with Crippen molar-refractivity contribution >= 4 is 46.6 Å². The topological polar surface area (TPSA) is 104 Å². The minimum absolute atomic E-state index is 0.0301. The highest BCUT2D eigenvalue weighted by Crippen LogP contribution is 2.71. The van der Waals surface area contributed by atoms with Crippen molar-refractivity contribution in [3.63, 3.8) is 0 Å². The number of Topliss-reactive ketones (excluding diaryl/α,β-unsaturated/α-hetero) is 1. The van der Waals surface area contributed by atoms with Crippen LogP contribution >= 0.6 is 34.8 Å². The summed E-state index contributed by atoms with van der Waals surface area (Å²) in [7, 11) is 0. The minimum Gasteiger partial charge on any atom is -0.451 e. The Morgan fingerprint density at radius 3 is 2.39 bits per heavy atom. The molecule has 0 aliphatic heterocycles. The van der Waals surface area contributed by atoms with Gasteiger partial charge in [0.15, 0.2) is 17.5 Å². The second-order valence-electron chi connectivity index (χ2n) is 11.4. The van der Waals surface area contributed by atoms with Crippen LogP contribution < -0.4 is 0 Å². The van der Waals surface area contributed by atoms with Crippen molar-refractivity contribution in [1.82, 2.24) is 0 Å². The minimum atomic E-state index is -2.24. The maximum atomic E-state index is 14.4. The van der Waals surface area contributed by atoms with Crippen molar-refractivity contribution in [1.29, 1.82) is 0 Å². The van der Waals surface area contributed by atoms with Crippen LogP contribution in [-0.4, -0.2) is 51.5 Å². The molecule has 2 fully saturated rings. The Kier molecular flexibility index (Phi) is 6.04. The normalized spacial score (nSPS) is 40.3. The van der Waals surface area contributed by atoms with E-state index in [0.717, 1.165) is 0 Å². The van der Waals surface area contributed by atoms with Crippen molar-refractivity contribution in [3.05, 3.63) is 56.1 Å². The summed E-state index contributed by atoms with van der Waals surface area (Å²) in [4.78, 5) is 27.7. The Morgan fingerprint density at radius 1 is 1.19 bits per heavy atom. The Morgan fingerprint density at radius 2 is 1.81 bits per heavy atom. The summed E-state index contributed by atoms with van der Waals surface area (Å²) in [6.45, 7) is 7.25. The number of aliphatic hydroxyl groups excluding tert-OH is 2. The summed E-state index contributed by atoms with van der Waals surface area (Å²) < 4.78 is 5.81. The molecule has 0 heterocycles. The van der Waals surface area contributed by atoms with Crippen LogP contribution in [0.2, 0.25) is 15.1 Å². The monoisotopic (exact) mass is 554 g/mol. The van der Waals surface area contributed by atoms with Crippen LogP contribution in [0.5, 0.6) is 0 Å². The second-order valence-corrected chi connectivity index (χ2v) is 12.6. The van der Waals surface area contributed by atoms with Gasteiger partial charge in [-0.1, -0.05) is 67.7 Å². The van der Waals surface area contributed by atoms with Crippen LogP contribution in [0.25, 0.3) is 0 Å². The van der Waals surface area contributed by atoms with Gasteiger partial charge in [-0.15, -0.1) is 0 Å². The van der Waals surface area contributed by atoms with Gasteiger partial charge in [0.25, 0.3) is 0 Å². The molecule has 5 rings (SSSR count). The molecule has 0 aromatic heterocycles. The van der Waals surface area contributed by atoms with Gasteiger partial charge in [0.1, 0.15) is 6.10 Å². The average Bonchev–Trinajstić information content (AvgIpc) is 3.27. The van der Waals surface area contributed by atoms with Gasteiger partial charge in [0, 0.05) is 10.9 Å². The van der Waals surface area contributed by atoms with Gasteiger partial charge in [-0.2, -0.15) is 0 Å². The van der Waals surface area contributed by atoms with Gasteiger partial charge < -0.3 is 20.1 Å². The van der Waals surface area contributed by atoms with Gasteiger partial charge in [-0.3, -0.25) is 4.79 Å². The Bertz CT molecular complexity index is 1210. The summed E-state index contributed by atoms with van der Waals surface area (Å²) in [5, 5.41) is 34.4. The second kappa shape index (κ2) is 8.29. The molecule has 36 heavy (non-hydrogen) atoms. The lowest BCUT2D eigenvalue weighted by atomic mass is 9.59. The maximum Gasteiger partial charge on any atom is 0.341 e. The first-order valence-corrected chi connectivity index (χ1v) is 13.2. The number of allylic oxidation sites excluding steroid dienone is 1. The van der Waals surface area contributed by atoms with E-state index in [0.29, 0.717) is 12.0 Å². The van der Waals surface area contributed by atoms with Crippen LogP contribution in [0.4, 0.5) is 0 Å². The molecule has 3 N–H and O–H groups in total. The number of esters is 1. The first-order valence-electron chi connectivity index (χ1n) is 12.0. The predicted molar refractivity (Wildman–Crippen MR) is 136 cm³/mol. The number of hydrogen-bond acceptors (Lipinski definition) is 6. The molecule has 1 spiro atoms. The number of fused-ring (bicyclic) bond motifs is 3. The number of rotatable bonds is 3. The average molecular weight is 556 g/mol. The van der Waals surface area contributed by atoms with Gasteiger partial charge >= 0.3 is 5.97 Å². The smallest absolute Gasteiger partial charge is 0.341 e. The molecule has 1 aromatic rings. The first kappa shape index (κ1) is 26.2. The molecule has 6 nitrogen and oxygen atoms in total. The first-order chi connectivity index (χ1) is 16.7. The van der Waals surface area contributed by atoms with Gasteiger partial charge in [0.05, 0.1) is 27.6 Å². The van der Waals surface area contributed by atoms with E-state index < -0.39 is 41.7 Å². The van der Waals surface area contributed by atoms with E-state index >= 15 is 0 Å². The number of benzene rings is 1. The molecule has 4 aliphatic rings. The van der Waals surface area contributed by atoms with Crippen LogP contribution in [0.3, 0.4) is 0 Å². The zero-order chi connectivity index (χ0) is 26.5. The number of aliphatic hydroxyl groups is 3. The lowest BCUT2D eigenvalue weighted by molar-refractivity contribution is -0.190. The largest absolute Gasteiger partial charge is 0.451 e. The van der Waals surface area contributed by atoms with E-state index in [9.17, 15) is 24.9 Å². The predicted octanol–water partition coefficient (Wildman–Crippen LogP) is 4.64. The molecular weight excluding hydrogens is 527 g/mol. The van der Waals surface area contributed by atoms with E-state index in [2.05, 4.69) is 13.8 Å². The number of ether oxygens (including phenoxy) is 1. The number of hydrogen-bond donors (Lipinski definition) is 3. The van der Waals surface area contributed by atoms with Crippen LogP contribution in [0, 0.1) is 34.5 Å². The van der Waals surface area contributed by atoms with Crippen molar-refractivity contribution in [2.24, 2.45) is 34.5 Å². The van der Waals surface area contributed by atoms with Crippen molar-refractivity contribution in [2.75, 3.05) is 6.61 Å². The van der Waals surface area contributed by atoms with Crippen LogP contribution in [-0.2, 0) is 9.53 Å². The molecule has 2 bridgehead atoms. The van der Waals surface area contributed by atoms with E-state index in [4.69, 9.17) is 39.5 Å². The summed E-state index contributed by atoms with van der Waals surface area (Å²) in [5.41, 5.74) is -3.40. The van der Waals surface area contributed by atoms with Gasteiger partial charge in [-0.05, 0) is 59.8 Å². The lowest BCUT2D eigenvalue weighted by Gasteiger charge is -2.48. The zero-order valence-corrected chi connectivity index (χ0v) is 22.7. The fraction of sp³-hybridized carbons (Fsp3) is 0.556. The third-order valence-corrected chi connectivity index (χ3v) is 10.1. The standard InChI is InChI=1S/C27H29Cl3O6/c1-11-9-26-12(2)5-16-20(25(16,3)4)15(22(26)33)6-13(10-31)21(32)27(26,35)23(11)36-24(34)19-17(29)7-14(28)8-18(19)30/h6-9,12,15-16,20-21,23,31-32,35H,5,10H2,1-4H3/t12-,15?,16-,20+,21-,23+,26+,27+/m1/s1. The van der Waals surface area contributed by atoms with Gasteiger partial charge in [0.2, 0.25) is 0 Å². The Hall–Kier alpha value is -1.41. The molecule has 0 saturated heterocycles. The third-order valence-electron chi connectivity index (χ3n) is 9.33. The summed E-state index contributed by atoms with van der Waals surface area (Å²) in [6, 6.07) is 2.70. The van der Waals surface area contributed by atoms with Crippen LogP contribution in [0.1, 0.15) is 44.5 Å². The molecule has 9 heteroatoms. The maximum absolute atomic E-state index is 14.4. The third kappa shape index (κ3) is 3.21. The molecule has 194 valence electrons. The molecule has 8 atom stereocenters. The summed E-state index contributed by atoms with van der Waals surface area (Å²) >= 11 is 18.4. The van der Waals surface area contributed by atoms with Crippen molar-refractivity contribution in [2.45, 2.75) is 51.9 Å². The Labute approximate surface area is 224 Å². The number of ketones is 1. The molecule has 4 aliphatic carbocycles. The summed E-state index contributed by atoms with van der Waals surface area (Å²) in [6.07, 6.45) is 0.928. The number of halogens is 3. The van der Waals surface area contributed by atoms with E-state index in [1.807, 2.05) is 6.92 Å². The molecule has 0 amide bonds. The molecular formula is C27H29Cl3O6. The van der Waals surface area contributed by atoms with Crippen LogP contribution in [0.15, 0.2) is 35.4 Å². The highest BCUT2D eigenvalue weighted by atomic mass is 35.5. The number of carbonyl (C=O) groups is 2. The molecule has 0 radical (unpaired) electrons. The highest BCUT2D eigenvalue weighted by Gasteiger charge is 2.76. The summed E-state index contributed by atoms with van der Waals surface area (Å²) in [5.74, 6) is -1.82. The number of carbonyl (C=O) groups excluding carboxylic acids is 2. The lowest BCUT2D eigenvalue weighted by Crippen LogP contribution is -2.65. The fourth-order valence-corrected chi connectivity index (χ4v) is 8.47. The molecule has 2 saturated carbocycles. The quantitative estimate of drug-likeness (QED) is 0.371. The van der Waals surface area contributed by atoms with Crippen molar-refractivity contribution in [3.8, 4) is 0 Å². The van der Waals surface area contributed by atoms with Gasteiger partial charge in [-0.25, -0.2) is 4.79 Å². The zero-order valence-electron chi connectivity index (χ0n) is 20.4. The van der Waals surface area contributed by atoms with E-state index in [1.54, 1.807) is 19.1 Å². The van der Waals surface area contributed by atoms with E-state index in [1.165, 1.54) is 12.1 Å². The molecule has 1 aromatic carbocycles.